The van der Waals surface area contributed by atoms with Crippen molar-refractivity contribution in [2.45, 2.75) is 25.7 Å². The molecule has 2 aliphatic rings. The number of hydrogen-bond donors (Lipinski definition) is 0. The zero-order chi connectivity index (χ0) is 15.5. The van der Waals surface area contributed by atoms with Gasteiger partial charge < -0.3 is 9.80 Å². The molecule has 1 aromatic rings. The van der Waals surface area contributed by atoms with Crippen LogP contribution in [0.2, 0.25) is 5.02 Å². The fraction of sp³-hybridized carbons (Fsp3) is 0.529. The van der Waals surface area contributed by atoms with E-state index in [0.717, 1.165) is 12.8 Å². The lowest BCUT2D eigenvalue weighted by atomic mass is 10.1. The molecule has 22 heavy (non-hydrogen) atoms. The normalized spacial score (nSPS) is 19.5. The highest BCUT2D eigenvalue weighted by Crippen LogP contribution is 2.27. The molecule has 3 rings (SSSR count). The third-order valence-electron chi connectivity index (χ3n) is 4.69. The van der Waals surface area contributed by atoms with E-state index in [1.54, 1.807) is 17.0 Å². The van der Waals surface area contributed by atoms with Crippen molar-refractivity contribution in [1.29, 1.82) is 0 Å². The second-order valence-electron chi connectivity index (χ2n) is 6.08. The lowest BCUT2D eigenvalue weighted by Gasteiger charge is -2.36. The molecule has 4 nitrogen and oxygen atoms in total. The van der Waals surface area contributed by atoms with E-state index in [0.29, 0.717) is 36.8 Å². The number of carbonyl (C=O) groups excluding carboxylic acids is 2. The topological polar surface area (TPSA) is 40.6 Å². The summed E-state index contributed by atoms with van der Waals surface area (Å²) < 4.78 is 0. The number of halogens is 1. The van der Waals surface area contributed by atoms with Crippen LogP contribution in [0.3, 0.4) is 0 Å². The average Bonchev–Trinajstić information content (AvgIpc) is 3.09. The van der Waals surface area contributed by atoms with Crippen LogP contribution in [-0.2, 0) is 4.79 Å². The number of piperazine rings is 1. The third kappa shape index (κ3) is 3.12. The molecule has 1 saturated heterocycles. The summed E-state index contributed by atoms with van der Waals surface area (Å²) in [6, 6.07) is 7.12. The van der Waals surface area contributed by atoms with Crippen molar-refractivity contribution in [3.63, 3.8) is 0 Å². The molecular weight excluding hydrogens is 300 g/mol. The van der Waals surface area contributed by atoms with Gasteiger partial charge in [-0.15, -0.1) is 0 Å². The van der Waals surface area contributed by atoms with E-state index in [4.69, 9.17) is 11.6 Å². The first-order chi connectivity index (χ1) is 10.7. The number of carbonyl (C=O) groups is 2. The molecular formula is C17H21ClN2O2. The van der Waals surface area contributed by atoms with Gasteiger partial charge in [0.25, 0.3) is 5.91 Å². The number of rotatable bonds is 2. The van der Waals surface area contributed by atoms with Crippen LogP contribution in [0.5, 0.6) is 0 Å². The second kappa shape index (κ2) is 6.69. The van der Waals surface area contributed by atoms with E-state index >= 15 is 0 Å². The lowest BCUT2D eigenvalue weighted by Crippen LogP contribution is -2.51. The molecule has 0 unspecified atom stereocenters. The van der Waals surface area contributed by atoms with Crippen LogP contribution in [0.4, 0.5) is 0 Å². The van der Waals surface area contributed by atoms with Crippen molar-refractivity contribution < 1.29 is 9.59 Å². The largest absolute Gasteiger partial charge is 0.339 e. The highest BCUT2D eigenvalue weighted by atomic mass is 35.5. The Hall–Kier alpha value is -1.55. The zero-order valence-electron chi connectivity index (χ0n) is 12.6. The molecule has 1 aliphatic carbocycles. The fourth-order valence-corrected chi connectivity index (χ4v) is 3.58. The standard InChI is InChI=1S/C17H21ClN2O2/c18-15-8-4-3-7-14(15)17(22)20-11-9-19(10-12-20)16(21)13-5-1-2-6-13/h3-4,7-8,13H,1-2,5-6,9-12H2. The van der Waals surface area contributed by atoms with Gasteiger partial charge in [0.1, 0.15) is 0 Å². The zero-order valence-corrected chi connectivity index (χ0v) is 13.4. The van der Waals surface area contributed by atoms with Gasteiger partial charge >= 0.3 is 0 Å². The second-order valence-corrected chi connectivity index (χ2v) is 6.49. The smallest absolute Gasteiger partial charge is 0.255 e. The molecule has 1 heterocycles. The Bertz CT molecular complexity index is 562. The molecule has 1 saturated carbocycles. The van der Waals surface area contributed by atoms with Crippen LogP contribution in [-0.4, -0.2) is 47.8 Å². The SMILES string of the molecule is O=C(c1ccccc1Cl)N1CCN(C(=O)C2CCCC2)CC1. The van der Waals surface area contributed by atoms with E-state index in [9.17, 15) is 9.59 Å². The van der Waals surface area contributed by atoms with Crippen LogP contribution >= 0.6 is 11.6 Å². The summed E-state index contributed by atoms with van der Waals surface area (Å²) >= 11 is 6.09. The number of benzene rings is 1. The van der Waals surface area contributed by atoms with Gasteiger partial charge in [-0.1, -0.05) is 36.6 Å². The molecule has 0 spiro atoms. The Morgan fingerprint density at radius 3 is 2.18 bits per heavy atom. The molecule has 1 aromatic carbocycles. The highest BCUT2D eigenvalue weighted by Gasteiger charge is 2.30. The van der Waals surface area contributed by atoms with Gasteiger partial charge in [-0.25, -0.2) is 0 Å². The van der Waals surface area contributed by atoms with E-state index < -0.39 is 0 Å². The minimum absolute atomic E-state index is 0.0430. The Kier molecular flexibility index (Phi) is 4.67. The summed E-state index contributed by atoms with van der Waals surface area (Å²) in [5, 5.41) is 0.483. The van der Waals surface area contributed by atoms with Crippen LogP contribution in [0.15, 0.2) is 24.3 Å². The van der Waals surface area contributed by atoms with E-state index in [-0.39, 0.29) is 17.7 Å². The van der Waals surface area contributed by atoms with Gasteiger partial charge in [0, 0.05) is 32.1 Å². The first kappa shape index (κ1) is 15.3. The van der Waals surface area contributed by atoms with Gasteiger partial charge in [-0.05, 0) is 25.0 Å². The van der Waals surface area contributed by atoms with Crippen molar-refractivity contribution in [1.82, 2.24) is 9.80 Å². The number of nitrogens with zero attached hydrogens (tertiary/aromatic N) is 2. The van der Waals surface area contributed by atoms with E-state index in [1.807, 2.05) is 17.0 Å². The maximum atomic E-state index is 12.5. The summed E-state index contributed by atoms with van der Waals surface area (Å²) in [5.74, 6) is 0.451. The molecule has 118 valence electrons. The summed E-state index contributed by atoms with van der Waals surface area (Å²) in [7, 11) is 0. The van der Waals surface area contributed by atoms with Crippen LogP contribution in [0, 0.1) is 5.92 Å². The molecule has 0 bridgehead atoms. The highest BCUT2D eigenvalue weighted by molar-refractivity contribution is 6.33. The van der Waals surface area contributed by atoms with Gasteiger partial charge in [0.05, 0.1) is 10.6 Å². The summed E-state index contributed by atoms with van der Waals surface area (Å²) in [4.78, 5) is 28.6. The average molecular weight is 321 g/mol. The van der Waals surface area contributed by atoms with Gasteiger partial charge in [0.15, 0.2) is 0 Å². The van der Waals surface area contributed by atoms with Gasteiger partial charge in [-0.2, -0.15) is 0 Å². The van der Waals surface area contributed by atoms with Crippen molar-refractivity contribution in [2.24, 2.45) is 5.92 Å². The van der Waals surface area contributed by atoms with E-state index in [2.05, 4.69) is 0 Å². The van der Waals surface area contributed by atoms with Crippen LogP contribution < -0.4 is 0 Å². The predicted octanol–water partition coefficient (Wildman–Crippen LogP) is 2.81. The molecule has 2 fully saturated rings. The molecule has 0 atom stereocenters. The van der Waals surface area contributed by atoms with Crippen LogP contribution in [0.1, 0.15) is 36.0 Å². The van der Waals surface area contributed by atoms with Crippen LogP contribution in [0.25, 0.3) is 0 Å². The third-order valence-corrected chi connectivity index (χ3v) is 5.02. The van der Waals surface area contributed by atoms with E-state index in [1.165, 1.54) is 12.8 Å². The molecule has 1 aliphatic heterocycles. The van der Waals surface area contributed by atoms with Crippen molar-refractivity contribution >= 4 is 23.4 Å². The Balaban J connectivity index is 1.58. The Morgan fingerprint density at radius 2 is 1.55 bits per heavy atom. The Morgan fingerprint density at radius 1 is 0.955 bits per heavy atom. The summed E-state index contributed by atoms with van der Waals surface area (Å²) in [5.41, 5.74) is 0.541. The lowest BCUT2D eigenvalue weighted by molar-refractivity contribution is -0.136. The molecule has 0 radical (unpaired) electrons. The fourth-order valence-electron chi connectivity index (χ4n) is 3.37. The number of hydrogen-bond acceptors (Lipinski definition) is 2. The first-order valence-electron chi connectivity index (χ1n) is 7.99. The minimum Gasteiger partial charge on any atom is -0.339 e. The maximum Gasteiger partial charge on any atom is 0.255 e. The quantitative estimate of drug-likeness (QED) is 0.840. The minimum atomic E-state index is -0.0430. The number of amides is 2. The summed E-state index contributed by atoms with van der Waals surface area (Å²) in [6.07, 6.45) is 4.39. The molecule has 0 N–H and O–H groups in total. The summed E-state index contributed by atoms with van der Waals surface area (Å²) in [6.45, 7) is 2.43. The molecule has 0 aromatic heterocycles. The first-order valence-corrected chi connectivity index (χ1v) is 8.37. The maximum absolute atomic E-state index is 12.5. The van der Waals surface area contributed by atoms with Gasteiger partial charge in [0.2, 0.25) is 5.91 Å². The monoisotopic (exact) mass is 320 g/mol. The predicted molar refractivity (Wildman–Crippen MR) is 85.9 cm³/mol. The van der Waals surface area contributed by atoms with Crippen molar-refractivity contribution in [3.8, 4) is 0 Å². The molecule has 5 heteroatoms. The van der Waals surface area contributed by atoms with Gasteiger partial charge in [-0.3, -0.25) is 9.59 Å². The Labute approximate surface area is 136 Å². The van der Waals surface area contributed by atoms with Crippen molar-refractivity contribution in [3.05, 3.63) is 34.9 Å². The molecule has 2 amide bonds. The van der Waals surface area contributed by atoms with Crippen molar-refractivity contribution in [2.75, 3.05) is 26.2 Å².